The molecule has 0 radical (unpaired) electrons. The normalized spacial score (nSPS) is 11.2. The summed E-state index contributed by atoms with van der Waals surface area (Å²) < 4.78 is 66.7. The second kappa shape index (κ2) is 8.71. The van der Waals surface area contributed by atoms with Gasteiger partial charge in [0.1, 0.15) is 16.5 Å². The Morgan fingerprint density at radius 2 is 1.57 bits per heavy atom. The summed E-state index contributed by atoms with van der Waals surface area (Å²) in [6, 6.07) is 14.1. The molecule has 3 aromatic carbocycles. The van der Waals surface area contributed by atoms with Crippen molar-refractivity contribution in [3.8, 4) is 11.5 Å². The highest BCUT2D eigenvalue weighted by molar-refractivity contribution is 7.92. The first-order chi connectivity index (χ1) is 14.3. The number of aryl methyl sites for hydroxylation is 1. The number of ether oxygens (including phenoxy) is 2. The van der Waals surface area contributed by atoms with Gasteiger partial charge in [0.05, 0.1) is 26.5 Å². The van der Waals surface area contributed by atoms with E-state index >= 15 is 0 Å². The Balaban J connectivity index is 2.13. The molecule has 0 aliphatic carbocycles. The number of rotatable bonds is 7. The van der Waals surface area contributed by atoms with Gasteiger partial charge in [-0.2, -0.15) is 0 Å². The molecule has 0 amide bonds. The van der Waals surface area contributed by atoms with Gasteiger partial charge in [0.2, 0.25) is 0 Å². The van der Waals surface area contributed by atoms with Crippen LogP contribution < -0.4 is 13.8 Å². The number of benzene rings is 3. The van der Waals surface area contributed by atoms with Crippen LogP contribution in [0.15, 0.2) is 65.6 Å². The van der Waals surface area contributed by atoms with Gasteiger partial charge < -0.3 is 9.47 Å². The summed E-state index contributed by atoms with van der Waals surface area (Å²) in [5, 5.41) is 0. The van der Waals surface area contributed by atoms with Crippen LogP contribution in [0.3, 0.4) is 0 Å². The lowest BCUT2D eigenvalue weighted by Gasteiger charge is -2.25. The van der Waals surface area contributed by atoms with E-state index in [9.17, 15) is 17.2 Å². The van der Waals surface area contributed by atoms with E-state index in [0.717, 1.165) is 16.4 Å². The zero-order chi connectivity index (χ0) is 21.9. The van der Waals surface area contributed by atoms with E-state index in [1.165, 1.54) is 44.6 Å². The van der Waals surface area contributed by atoms with Gasteiger partial charge in [-0.1, -0.05) is 24.3 Å². The summed E-state index contributed by atoms with van der Waals surface area (Å²) in [4.78, 5) is -0.494. The van der Waals surface area contributed by atoms with Crippen LogP contribution in [-0.2, 0) is 16.6 Å². The van der Waals surface area contributed by atoms with Crippen molar-refractivity contribution in [2.24, 2.45) is 0 Å². The number of hydrogen-bond acceptors (Lipinski definition) is 4. The largest absolute Gasteiger partial charge is 0.493 e. The van der Waals surface area contributed by atoms with Crippen molar-refractivity contribution < 1.29 is 26.7 Å². The second-order valence-corrected chi connectivity index (χ2v) is 8.40. The van der Waals surface area contributed by atoms with Crippen molar-refractivity contribution in [2.45, 2.75) is 18.4 Å². The predicted molar refractivity (Wildman–Crippen MR) is 110 cm³/mol. The third-order valence-electron chi connectivity index (χ3n) is 4.62. The molecule has 0 bridgehead atoms. The van der Waals surface area contributed by atoms with Gasteiger partial charge in [0.15, 0.2) is 11.5 Å². The summed E-state index contributed by atoms with van der Waals surface area (Å²) in [5.41, 5.74) is 0.998. The number of halogens is 2. The molecular weight excluding hydrogens is 412 g/mol. The Hall–Kier alpha value is -3.13. The number of methoxy groups -OCH3 is 2. The van der Waals surface area contributed by atoms with E-state index in [1.54, 1.807) is 25.1 Å². The zero-order valence-electron chi connectivity index (χ0n) is 16.7. The molecule has 0 heterocycles. The molecule has 0 saturated carbocycles. The molecule has 0 aliphatic rings. The number of hydrogen-bond donors (Lipinski definition) is 0. The van der Waals surface area contributed by atoms with Crippen molar-refractivity contribution in [2.75, 3.05) is 18.5 Å². The topological polar surface area (TPSA) is 55.8 Å². The molecule has 0 fully saturated rings. The SMILES string of the molecule is COc1ccc(CN(c2ccc(C)c(F)c2)S(=O)(=O)c2ccccc2F)cc1OC. The fourth-order valence-corrected chi connectivity index (χ4v) is 4.48. The van der Waals surface area contributed by atoms with E-state index < -0.39 is 26.6 Å². The third kappa shape index (κ3) is 4.23. The van der Waals surface area contributed by atoms with Crippen LogP contribution in [0.1, 0.15) is 11.1 Å². The monoisotopic (exact) mass is 433 g/mol. The second-order valence-electron chi connectivity index (χ2n) is 6.56. The Morgan fingerprint density at radius 3 is 2.20 bits per heavy atom. The maximum atomic E-state index is 14.3. The summed E-state index contributed by atoms with van der Waals surface area (Å²) in [5.74, 6) is -0.560. The fraction of sp³-hybridized carbons (Fsp3) is 0.182. The lowest BCUT2D eigenvalue weighted by Crippen LogP contribution is -2.31. The van der Waals surface area contributed by atoms with Crippen LogP contribution in [0, 0.1) is 18.6 Å². The van der Waals surface area contributed by atoms with Crippen LogP contribution in [0.5, 0.6) is 11.5 Å². The van der Waals surface area contributed by atoms with Crippen LogP contribution in [0.4, 0.5) is 14.5 Å². The molecule has 158 valence electrons. The van der Waals surface area contributed by atoms with Gasteiger partial charge in [-0.25, -0.2) is 17.2 Å². The molecule has 5 nitrogen and oxygen atoms in total. The Morgan fingerprint density at radius 1 is 0.867 bits per heavy atom. The molecule has 0 aromatic heterocycles. The molecule has 3 aromatic rings. The number of anilines is 1. The molecular formula is C22H21F2NO4S. The average molecular weight is 433 g/mol. The van der Waals surface area contributed by atoms with E-state index in [4.69, 9.17) is 9.47 Å². The van der Waals surface area contributed by atoms with Crippen LogP contribution in [0.2, 0.25) is 0 Å². The van der Waals surface area contributed by atoms with E-state index in [1.807, 2.05) is 0 Å². The first kappa shape index (κ1) is 21.6. The minimum absolute atomic E-state index is 0.0798. The van der Waals surface area contributed by atoms with Gasteiger partial charge >= 0.3 is 0 Å². The average Bonchev–Trinajstić information content (AvgIpc) is 2.74. The van der Waals surface area contributed by atoms with Crippen LogP contribution >= 0.6 is 0 Å². The summed E-state index contributed by atoms with van der Waals surface area (Å²) >= 11 is 0. The third-order valence-corrected chi connectivity index (χ3v) is 6.43. The van der Waals surface area contributed by atoms with Crippen molar-refractivity contribution in [3.05, 3.63) is 83.4 Å². The van der Waals surface area contributed by atoms with Gasteiger partial charge in [-0.15, -0.1) is 0 Å². The summed E-state index contributed by atoms with van der Waals surface area (Å²) in [6.45, 7) is 1.41. The molecule has 0 aliphatic heterocycles. The van der Waals surface area contributed by atoms with Gasteiger partial charge in [-0.3, -0.25) is 4.31 Å². The Bertz CT molecular complexity index is 1170. The lowest BCUT2D eigenvalue weighted by molar-refractivity contribution is 0.354. The molecule has 0 spiro atoms. The van der Waals surface area contributed by atoms with Crippen molar-refractivity contribution in [1.29, 1.82) is 0 Å². The van der Waals surface area contributed by atoms with Crippen LogP contribution in [0.25, 0.3) is 0 Å². The van der Waals surface area contributed by atoms with E-state index in [0.29, 0.717) is 22.6 Å². The number of nitrogens with zero attached hydrogens (tertiary/aromatic N) is 1. The first-order valence-electron chi connectivity index (χ1n) is 9.02. The summed E-state index contributed by atoms with van der Waals surface area (Å²) in [7, 11) is -1.38. The van der Waals surface area contributed by atoms with E-state index in [-0.39, 0.29) is 12.2 Å². The molecule has 0 unspecified atom stereocenters. The van der Waals surface area contributed by atoms with E-state index in [2.05, 4.69) is 0 Å². The lowest BCUT2D eigenvalue weighted by atomic mass is 10.1. The first-order valence-corrected chi connectivity index (χ1v) is 10.5. The minimum atomic E-state index is -4.33. The van der Waals surface area contributed by atoms with Crippen molar-refractivity contribution >= 4 is 15.7 Å². The van der Waals surface area contributed by atoms with Crippen molar-refractivity contribution in [1.82, 2.24) is 0 Å². The highest BCUT2D eigenvalue weighted by Gasteiger charge is 2.28. The maximum Gasteiger partial charge on any atom is 0.267 e. The standard InChI is InChI=1S/C22H21F2NO4S/c1-15-8-10-17(13-19(15)24)25(30(26,27)22-7-5-4-6-18(22)23)14-16-9-11-20(28-2)21(12-16)29-3/h4-13H,14H2,1-3H3. The van der Waals surface area contributed by atoms with Gasteiger partial charge in [-0.05, 0) is 54.4 Å². The Kier molecular flexibility index (Phi) is 6.26. The van der Waals surface area contributed by atoms with Gasteiger partial charge in [0.25, 0.3) is 10.0 Å². The maximum absolute atomic E-state index is 14.3. The smallest absolute Gasteiger partial charge is 0.267 e. The Labute approximate surface area is 174 Å². The quantitative estimate of drug-likeness (QED) is 0.543. The molecule has 0 N–H and O–H groups in total. The number of sulfonamides is 1. The predicted octanol–water partition coefficient (Wildman–Crippen LogP) is 4.69. The highest BCUT2D eigenvalue weighted by atomic mass is 32.2. The zero-order valence-corrected chi connectivity index (χ0v) is 17.5. The molecule has 0 atom stereocenters. The molecule has 8 heteroatoms. The summed E-state index contributed by atoms with van der Waals surface area (Å²) in [6.07, 6.45) is 0. The van der Waals surface area contributed by atoms with Crippen molar-refractivity contribution in [3.63, 3.8) is 0 Å². The minimum Gasteiger partial charge on any atom is -0.493 e. The molecule has 0 saturated heterocycles. The fourth-order valence-electron chi connectivity index (χ4n) is 2.97. The molecule has 3 rings (SSSR count). The highest BCUT2D eigenvalue weighted by Crippen LogP contribution is 2.32. The molecule has 30 heavy (non-hydrogen) atoms. The van der Waals surface area contributed by atoms with Crippen LogP contribution in [-0.4, -0.2) is 22.6 Å². The van der Waals surface area contributed by atoms with Gasteiger partial charge in [0, 0.05) is 0 Å².